The zero-order valence-corrected chi connectivity index (χ0v) is 11.2. The third-order valence-electron chi connectivity index (χ3n) is 2.07. The number of halogens is 4. The van der Waals surface area contributed by atoms with Gasteiger partial charge in [-0.1, -0.05) is 15.9 Å². The largest absolute Gasteiger partial charge is 0.464 e. The number of likely N-dealkylation sites (N-methyl/N-ethyl adjacent to an activating group) is 1. The van der Waals surface area contributed by atoms with Crippen LogP contribution in [0.3, 0.4) is 0 Å². The Kier molecular flexibility index (Phi) is 4.55. The number of alkyl halides is 3. The number of rotatable bonds is 2. The lowest BCUT2D eigenvalue weighted by molar-refractivity contribution is -0.137. The summed E-state index contributed by atoms with van der Waals surface area (Å²) in [4.78, 5) is 15.9. The van der Waals surface area contributed by atoms with Crippen LogP contribution in [0.4, 0.5) is 13.2 Å². The fourth-order valence-electron chi connectivity index (χ4n) is 1.21. The molecule has 1 aliphatic rings. The summed E-state index contributed by atoms with van der Waals surface area (Å²) >= 11 is 3.22. The number of methoxy groups -OCH3 is 1. The molecule has 0 aromatic rings. The summed E-state index contributed by atoms with van der Waals surface area (Å²) in [7, 11) is 2.44. The molecule has 4 nitrogen and oxygen atoms in total. The number of hydrogen-bond acceptors (Lipinski definition) is 4. The van der Waals surface area contributed by atoms with Crippen LogP contribution in [-0.4, -0.2) is 43.5 Å². The molecule has 18 heavy (non-hydrogen) atoms. The van der Waals surface area contributed by atoms with Crippen molar-refractivity contribution in [3.05, 3.63) is 22.5 Å². The molecule has 0 unspecified atom stereocenters. The van der Waals surface area contributed by atoms with Gasteiger partial charge >= 0.3 is 12.1 Å². The van der Waals surface area contributed by atoms with Gasteiger partial charge in [0.05, 0.1) is 13.7 Å². The molecule has 0 saturated heterocycles. The van der Waals surface area contributed by atoms with Gasteiger partial charge in [0.25, 0.3) is 0 Å². The van der Waals surface area contributed by atoms with E-state index in [-0.39, 0.29) is 5.82 Å². The van der Waals surface area contributed by atoms with E-state index in [9.17, 15) is 18.0 Å². The van der Waals surface area contributed by atoms with Crippen molar-refractivity contribution >= 4 is 27.6 Å². The SMILES string of the molecule is COC(=O)C(=NC1=CC=C(Br)CN1C)C(F)(F)F. The van der Waals surface area contributed by atoms with Crippen molar-refractivity contribution in [3.63, 3.8) is 0 Å². The standard InChI is InChI=1S/C10H10BrF3N2O2/c1-16-5-6(11)3-4-7(16)15-8(9(17)18-2)10(12,13)14/h3-4H,5H2,1-2H3. The van der Waals surface area contributed by atoms with Gasteiger partial charge in [0.2, 0.25) is 5.71 Å². The van der Waals surface area contributed by atoms with Crippen LogP contribution in [0.25, 0.3) is 0 Å². The first-order valence-electron chi connectivity index (χ1n) is 4.77. The van der Waals surface area contributed by atoms with Gasteiger partial charge in [0, 0.05) is 11.5 Å². The second kappa shape index (κ2) is 5.55. The minimum Gasteiger partial charge on any atom is -0.464 e. The van der Waals surface area contributed by atoms with Crippen LogP contribution in [-0.2, 0) is 9.53 Å². The number of ether oxygens (including phenoxy) is 1. The fraction of sp³-hybridized carbons (Fsp3) is 0.400. The van der Waals surface area contributed by atoms with E-state index in [0.29, 0.717) is 6.54 Å². The highest BCUT2D eigenvalue weighted by Crippen LogP contribution is 2.23. The Morgan fingerprint density at radius 1 is 1.50 bits per heavy atom. The van der Waals surface area contributed by atoms with Gasteiger partial charge < -0.3 is 9.64 Å². The van der Waals surface area contributed by atoms with Crippen molar-refractivity contribution in [1.29, 1.82) is 0 Å². The summed E-state index contributed by atoms with van der Waals surface area (Å²) in [5.41, 5.74) is -1.57. The maximum atomic E-state index is 12.6. The van der Waals surface area contributed by atoms with Gasteiger partial charge in [-0.25, -0.2) is 9.79 Å². The molecule has 0 saturated carbocycles. The molecule has 0 spiro atoms. The molecule has 0 fully saturated rings. The molecule has 1 aliphatic heterocycles. The molecule has 0 radical (unpaired) electrons. The zero-order chi connectivity index (χ0) is 13.9. The van der Waals surface area contributed by atoms with Crippen molar-refractivity contribution in [3.8, 4) is 0 Å². The van der Waals surface area contributed by atoms with Gasteiger partial charge in [-0.15, -0.1) is 0 Å². The van der Waals surface area contributed by atoms with Crippen LogP contribution in [0.5, 0.6) is 0 Å². The number of carbonyl (C=O) groups excluding carboxylic acids is 1. The van der Waals surface area contributed by atoms with E-state index in [2.05, 4.69) is 25.7 Å². The molecule has 0 N–H and O–H groups in total. The van der Waals surface area contributed by atoms with Crippen molar-refractivity contribution in [2.75, 3.05) is 20.7 Å². The summed E-state index contributed by atoms with van der Waals surface area (Å²) in [5, 5.41) is 0. The lowest BCUT2D eigenvalue weighted by Gasteiger charge is -2.22. The molecule has 1 heterocycles. The van der Waals surface area contributed by atoms with Crippen LogP contribution in [0.15, 0.2) is 27.4 Å². The average Bonchev–Trinajstić information content (AvgIpc) is 2.25. The van der Waals surface area contributed by atoms with E-state index < -0.39 is 17.9 Å². The molecule has 0 aromatic carbocycles. The third-order valence-corrected chi connectivity index (χ3v) is 2.58. The number of esters is 1. The van der Waals surface area contributed by atoms with Crippen molar-refractivity contribution in [1.82, 2.24) is 4.90 Å². The zero-order valence-electron chi connectivity index (χ0n) is 9.58. The Balaban J connectivity index is 3.14. The van der Waals surface area contributed by atoms with Crippen LogP contribution in [0, 0.1) is 0 Å². The molecule has 1 rings (SSSR count). The van der Waals surface area contributed by atoms with E-state index in [1.807, 2.05) is 0 Å². The predicted molar refractivity (Wildman–Crippen MR) is 63.2 cm³/mol. The Morgan fingerprint density at radius 2 is 2.11 bits per heavy atom. The number of allylic oxidation sites excluding steroid dienone is 2. The lowest BCUT2D eigenvalue weighted by Crippen LogP contribution is -2.33. The smallest absolute Gasteiger partial charge is 0.440 e. The highest BCUT2D eigenvalue weighted by Gasteiger charge is 2.42. The molecular formula is C10H10BrF3N2O2. The topological polar surface area (TPSA) is 41.9 Å². The van der Waals surface area contributed by atoms with Gasteiger partial charge in [0.1, 0.15) is 5.82 Å². The third kappa shape index (κ3) is 3.59. The first-order valence-corrected chi connectivity index (χ1v) is 5.56. The monoisotopic (exact) mass is 326 g/mol. The van der Waals surface area contributed by atoms with Crippen LogP contribution >= 0.6 is 15.9 Å². The minimum absolute atomic E-state index is 0.0379. The molecule has 0 bridgehead atoms. The van der Waals surface area contributed by atoms with Crippen LogP contribution < -0.4 is 0 Å². The number of hydrogen-bond donors (Lipinski definition) is 0. The second-order valence-corrected chi connectivity index (χ2v) is 4.46. The molecule has 8 heteroatoms. The predicted octanol–water partition coefficient (Wildman–Crippen LogP) is 2.23. The average molecular weight is 327 g/mol. The normalized spacial score (nSPS) is 17.2. The number of aliphatic imine (C=N–C) groups is 1. The van der Waals surface area contributed by atoms with E-state index in [1.54, 1.807) is 13.1 Å². The Bertz CT molecular complexity index is 441. The summed E-state index contributed by atoms with van der Waals surface area (Å²) in [6.45, 7) is 0.377. The minimum atomic E-state index is -4.85. The lowest BCUT2D eigenvalue weighted by atomic mass is 10.3. The van der Waals surface area contributed by atoms with E-state index in [4.69, 9.17) is 0 Å². The molecule has 0 aliphatic carbocycles. The highest BCUT2D eigenvalue weighted by molar-refractivity contribution is 9.11. The van der Waals surface area contributed by atoms with Crippen molar-refractivity contribution in [2.24, 2.45) is 4.99 Å². The highest BCUT2D eigenvalue weighted by atomic mass is 79.9. The molecule has 0 atom stereocenters. The van der Waals surface area contributed by atoms with E-state index >= 15 is 0 Å². The van der Waals surface area contributed by atoms with Gasteiger partial charge in [-0.2, -0.15) is 13.2 Å². The van der Waals surface area contributed by atoms with Crippen molar-refractivity contribution < 1.29 is 22.7 Å². The first-order chi connectivity index (χ1) is 8.25. The Hall–Kier alpha value is -1.31. The summed E-state index contributed by atoms with van der Waals surface area (Å²) in [6.07, 6.45) is -1.90. The maximum Gasteiger partial charge on any atom is 0.440 e. The van der Waals surface area contributed by atoms with Gasteiger partial charge in [-0.05, 0) is 12.2 Å². The molecule has 100 valence electrons. The second-order valence-electron chi connectivity index (χ2n) is 3.44. The number of carbonyl (C=O) groups is 1. The Labute approximate surface area is 110 Å². The fourth-order valence-corrected chi connectivity index (χ4v) is 1.72. The maximum absolute atomic E-state index is 12.6. The quantitative estimate of drug-likeness (QED) is 0.577. The molecule has 0 amide bonds. The number of nitrogens with zero attached hydrogens (tertiary/aromatic N) is 2. The molecule has 0 aromatic heterocycles. The summed E-state index contributed by atoms with van der Waals surface area (Å²) in [5.74, 6) is -1.47. The summed E-state index contributed by atoms with van der Waals surface area (Å²) in [6, 6.07) is 0. The van der Waals surface area contributed by atoms with Crippen molar-refractivity contribution in [2.45, 2.75) is 6.18 Å². The first kappa shape index (κ1) is 14.7. The van der Waals surface area contributed by atoms with Crippen LogP contribution in [0.1, 0.15) is 0 Å². The van der Waals surface area contributed by atoms with E-state index in [0.717, 1.165) is 11.6 Å². The van der Waals surface area contributed by atoms with E-state index in [1.165, 1.54) is 11.0 Å². The summed E-state index contributed by atoms with van der Waals surface area (Å²) < 4.78 is 42.7. The van der Waals surface area contributed by atoms with Gasteiger partial charge in [0.15, 0.2) is 0 Å². The van der Waals surface area contributed by atoms with Gasteiger partial charge in [-0.3, -0.25) is 0 Å². The Morgan fingerprint density at radius 3 is 2.56 bits per heavy atom. The van der Waals surface area contributed by atoms with Crippen LogP contribution in [0.2, 0.25) is 0 Å². The molecular weight excluding hydrogens is 317 g/mol.